The molecule has 0 atom stereocenters. The highest BCUT2D eigenvalue weighted by Gasteiger charge is 1.97. The van der Waals surface area contributed by atoms with E-state index < -0.39 is 0 Å². The topological polar surface area (TPSA) is 79.8 Å². The van der Waals surface area contributed by atoms with Crippen LogP contribution in [0.5, 0.6) is 0 Å². The second-order valence-electron chi connectivity index (χ2n) is 1.83. The second kappa shape index (κ2) is 1.98. The predicted molar refractivity (Wildman–Crippen MR) is 33.3 cm³/mol. The van der Waals surface area contributed by atoms with Crippen LogP contribution in [0.4, 0.5) is 0 Å². The van der Waals surface area contributed by atoms with Gasteiger partial charge in [-0.25, -0.2) is 4.52 Å². The fourth-order valence-corrected chi connectivity index (χ4v) is 0.698. The van der Waals surface area contributed by atoms with E-state index in [0.29, 0.717) is 5.78 Å². The lowest BCUT2D eigenvalue weighted by Gasteiger charge is -1.87. The zero-order chi connectivity index (χ0) is 7.68. The van der Waals surface area contributed by atoms with Crippen LogP contribution in [0.3, 0.4) is 0 Å². The molecule has 0 bridgehead atoms. The summed E-state index contributed by atoms with van der Waals surface area (Å²) >= 11 is 0. The SMILES string of the molecule is N#Cc1cn2ncnc2nn1. The fourth-order valence-electron chi connectivity index (χ4n) is 0.698. The Morgan fingerprint density at radius 1 is 1.45 bits per heavy atom. The molecule has 11 heavy (non-hydrogen) atoms. The third-order valence-corrected chi connectivity index (χ3v) is 1.16. The van der Waals surface area contributed by atoms with Gasteiger partial charge in [0, 0.05) is 0 Å². The van der Waals surface area contributed by atoms with Gasteiger partial charge in [-0.05, 0) is 0 Å². The lowest BCUT2D eigenvalue weighted by molar-refractivity contribution is 0.875. The highest BCUT2D eigenvalue weighted by Crippen LogP contribution is 1.91. The van der Waals surface area contributed by atoms with Crippen molar-refractivity contribution in [1.29, 1.82) is 5.26 Å². The van der Waals surface area contributed by atoms with Crippen molar-refractivity contribution in [2.75, 3.05) is 0 Å². The fraction of sp³-hybridized carbons (Fsp3) is 0. The number of nitriles is 1. The summed E-state index contributed by atoms with van der Waals surface area (Å²) in [4.78, 5) is 3.76. The monoisotopic (exact) mass is 146 g/mol. The molecule has 0 saturated heterocycles. The smallest absolute Gasteiger partial charge is 0.200 e. The molecule has 2 rings (SSSR count). The first-order valence-corrected chi connectivity index (χ1v) is 2.83. The molecule has 0 aliphatic heterocycles. The average molecular weight is 146 g/mol. The van der Waals surface area contributed by atoms with E-state index in [1.807, 2.05) is 6.07 Å². The lowest BCUT2D eigenvalue weighted by atomic mass is 10.5. The molecule has 0 spiro atoms. The number of nitrogens with zero attached hydrogens (tertiary/aromatic N) is 6. The highest BCUT2D eigenvalue weighted by atomic mass is 15.4. The number of hydrogen-bond donors (Lipinski definition) is 0. The minimum absolute atomic E-state index is 0.225. The molecule has 0 saturated carbocycles. The first-order chi connectivity index (χ1) is 5.40. The normalized spacial score (nSPS) is 9.73. The van der Waals surface area contributed by atoms with Crippen LogP contribution in [0.15, 0.2) is 12.5 Å². The van der Waals surface area contributed by atoms with Gasteiger partial charge in [-0.1, -0.05) is 0 Å². The summed E-state index contributed by atoms with van der Waals surface area (Å²) in [5, 5.41) is 19.4. The van der Waals surface area contributed by atoms with E-state index in [1.165, 1.54) is 17.0 Å². The summed E-state index contributed by atoms with van der Waals surface area (Å²) in [6.45, 7) is 0. The summed E-state index contributed by atoms with van der Waals surface area (Å²) < 4.78 is 1.39. The molecule has 0 aromatic carbocycles. The third kappa shape index (κ3) is 0.789. The molecular formula is C5H2N6. The molecule has 0 amide bonds. The van der Waals surface area contributed by atoms with Gasteiger partial charge in [0.05, 0.1) is 6.20 Å². The standard InChI is InChI=1S/C5H2N6/c6-1-4-2-11-5(10-9-4)7-3-8-11/h2-3H. The maximum atomic E-state index is 8.42. The van der Waals surface area contributed by atoms with Gasteiger partial charge in [-0.2, -0.15) is 15.3 Å². The summed E-state index contributed by atoms with van der Waals surface area (Å²) in [6.07, 6.45) is 2.82. The maximum Gasteiger partial charge on any atom is 0.271 e. The Bertz CT molecular complexity index is 424. The van der Waals surface area contributed by atoms with Crippen LogP contribution in [-0.2, 0) is 0 Å². The molecule has 0 aliphatic carbocycles. The van der Waals surface area contributed by atoms with Crippen molar-refractivity contribution in [3.63, 3.8) is 0 Å². The lowest BCUT2D eigenvalue weighted by Crippen LogP contribution is -1.95. The van der Waals surface area contributed by atoms with Gasteiger partial charge in [0.2, 0.25) is 0 Å². The van der Waals surface area contributed by atoms with E-state index in [1.54, 1.807) is 0 Å². The van der Waals surface area contributed by atoms with E-state index in [-0.39, 0.29) is 5.69 Å². The predicted octanol–water partition coefficient (Wildman–Crippen LogP) is -0.609. The maximum absolute atomic E-state index is 8.42. The Labute approximate surface area is 61.1 Å². The molecule has 2 aromatic heterocycles. The Hall–Kier alpha value is -2.03. The van der Waals surface area contributed by atoms with Crippen LogP contribution in [0.25, 0.3) is 5.78 Å². The summed E-state index contributed by atoms with van der Waals surface area (Å²) in [7, 11) is 0. The van der Waals surface area contributed by atoms with Gasteiger partial charge in [0.1, 0.15) is 12.4 Å². The molecule has 2 aromatic rings. The molecular weight excluding hydrogens is 144 g/mol. The zero-order valence-corrected chi connectivity index (χ0v) is 5.34. The third-order valence-electron chi connectivity index (χ3n) is 1.16. The number of hydrogen-bond acceptors (Lipinski definition) is 5. The second-order valence-corrected chi connectivity index (χ2v) is 1.83. The van der Waals surface area contributed by atoms with Crippen LogP contribution >= 0.6 is 0 Å². The van der Waals surface area contributed by atoms with Crippen molar-refractivity contribution in [3.8, 4) is 6.07 Å². The largest absolute Gasteiger partial charge is 0.271 e. The van der Waals surface area contributed by atoms with E-state index >= 15 is 0 Å². The van der Waals surface area contributed by atoms with Crippen molar-refractivity contribution in [2.24, 2.45) is 0 Å². The van der Waals surface area contributed by atoms with Crippen LogP contribution in [0.2, 0.25) is 0 Å². The molecule has 0 fully saturated rings. The van der Waals surface area contributed by atoms with Gasteiger partial charge >= 0.3 is 0 Å². The van der Waals surface area contributed by atoms with Crippen molar-refractivity contribution < 1.29 is 0 Å². The Kier molecular flexibility index (Phi) is 1.03. The molecule has 0 unspecified atom stereocenters. The summed E-state index contributed by atoms with van der Waals surface area (Å²) in [5.41, 5.74) is 0.225. The van der Waals surface area contributed by atoms with Crippen molar-refractivity contribution >= 4 is 5.78 Å². The molecule has 0 radical (unpaired) electrons. The molecule has 0 N–H and O–H groups in total. The van der Waals surface area contributed by atoms with E-state index in [2.05, 4.69) is 20.3 Å². The average Bonchev–Trinajstić information content (AvgIpc) is 2.50. The van der Waals surface area contributed by atoms with Gasteiger partial charge in [0.25, 0.3) is 5.78 Å². The van der Waals surface area contributed by atoms with Gasteiger partial charge in [-0.15, -0.1) is 10.2 Å². The first kappa shape index (κ1) is 5.73. The van der Waals surface area contributed by atoms with E-state index in [9.17, 15) is 0 Å². The molecule has 2 heterocycles. The molecule has 6 heteroatoms. The number of fused-ring (bicyclic) bond motifs is 1. The first-order valence-electron chi connectivity index (χ1n) is 2.83. The highest BCUT2D eigenvalue weighted by molar-refractivity contribution is 5.25. The Morgan fingerprint density at radius 2 is 2.36 bits per heavy atom. The zero-order valence-electron chi connectivity index (χ0n) is 5.34. The minimum Gasteiger partial charge on any atom is -0.200 e. The van der Waals surface area contributed by atoms with Crippen molar-refractivity contribution in [2.45, 2.75) is 0 Å². The Morgan fingerprint density at radius 3 is 3.18 bits per heavy atom. The molecule has 0 aliphatic rings. The van der Waals surface area contributed by atoms with Crippen molar-refractivity contribution in [3.05, 3.63) is 18.2 Å². The minimum atomic E-state index is 0.225. The van der Waals surface area contributed by atoms with Crippen LogP contribution < -0.4 is 0 Å². The van der Waals surface area contributed by atoms with Gasteiger partial charge in [0.15, 0.2) is 5.69 Å². The molecule has 6 nitrogen and oxygen atoms in total. The van der Waals surface area contributed by atoms with Crippen LogP contribution in [0.1, 0.15) is 5.69 Å². The van der Waals surface area contributed by atoms with E-state index in [4.69, 9.17) is 5.26 Å². The van der Waals surface area contributed by atoms with Crippen molar-refractivity contribution in [1.82, 2.24) is 24.8 Å². The van der Waals surface area contributed by atoms with Gasteiger partial charge in [-0.3, -0.25) is 0 Å². The number of aromatic nitrogens is 5. The van der Waals surface area contributed by atoms with Gasteiger partial charge < -0.3 is 0 Å². The van der Waals surface area contributed by atoms with E-state index in [0.717, 1.165) is 0 Å². The quantitative estimate of drug-likeness (QED) is 0.495. The molecule has 52 valence electrons. The Balaban J connectivity index is 2.79. The summed E-state index contributed by atoms with van der Waals surface area (Å²) in [6, 6.07) is 1.85. The van der Waals surface area contributed by atoms with Crippen LogP contribution in [-0.4, -0.2) is 24.8 Å². The van der Waals surface area contributed by atoms with Crippen LogP contribution in [0, 0.1) is 11.3 Å². The number of rotatable bonds is 0. The summed E-state index contributed by atoms with van der Waals surface area (Å²) in [5.74, 6) is 0.393.